The first-order valence-corrected chi connectivity index (χ1v) is 9.68. The Morgan fingerprint density at radius 3 is 2.76 bits per heavy atom. The molecule has 10 heteroatoms. The van der Waals surface area contributed by atoms with Gasteiger partial charge < -0.3 is 15.4 Å². The Balaban J connectivity index is 0.00000300. The first-order chi connectivity index (χ1) is 13.6. The fraction of sp³-hybridized carbons (Fsp3) is 0.579. The monoisotopic (exact) mass is 426 g/mol. The highest BCUT2D eigenvalue weighted by Crippen LogP contribution is 2.22. The van der Waals surface area contributed by atoms with Crippen LogP contribution in [0.15, 0.2) is 24.3 Å². The van der Waals surface area contributed by atoms with Crippen LogP contribution in [0, 0.1) is 12.7 Å². The van der Waals surface area contributed by atoms with E-state index in [1.807, 2.05) is 4.90 Å². The lowest BCUT2D eigenvalue weighted by molar-refractivity contribution is -0.137. The van der Waals surface area contributed by atoms with Gasteiger partial charge in [-0.1, -0.05) is 12.1 Å². The van der Waals surface area contributed by atoms with E-state index < -0.39 is 6.04 Å². The van der Waals surface area contributed by atoms with Crippen molar-refractivity contribution in [2.24, 2.45) is 5.73 Å². The molecule has 1 aliphatic rings. The summed E-state index contributed by atoms with van der Waals surface area (Å²) in [5, 5.41) is 11.6. The number of nitrogens with zero attached hydrogens (tertiary/aromatic N) is 5. The van der Waals surface area contributed by atoms with Crippen LogP contribution >= 0.6 is 12.4 Å². The topological polar surface area (TPSA) is 99.2 Å². The summed E-state index contributed by atoms with van der Waals surface area (Å²) in [5.41, 5.74) is 6.23. The number of rotatable bonds is 8. The van der Waals surface area contributed by atoms with Crippen molar-refractivity contribution in [3.8, 4) is 0 Å². The third kappa shape index (κ3) is 6.19. The number of aromatic nitrogens is 4. The molecule has 2 heterocycles. The second kappa shape index (κ2) is 11.2. The summed E-state index contributed by atoms with van der Waals surface area (Å²) in [4.78, 5) is 15.1. The van der Waals surface area contributed by atoms with Gasteiger partial charge in [-0.25, -0.2) is 9.07 Å². The zero-order valence-electron chi connectivity index (χ0n) is 16.5. The molecule has 0 saturated carbocycles. The lowest BCUT2D eigenvalue weighted by atomic mass is 10.0. The molecule has 1 aliphatic heterocycles. The van der Waals surface area contributed by atoms with Gasteiger partial charge in [0.2, 0.25) is 5.91 Å². The molecule has 3 rings (SSSR count). The number of aryl methyl sites for hydroxylation is 1. The number of ether oxygens (including phenoxy) is 1. The zero-order valence-corrected chi connectivity index (χ0v) is 17.4. The van der Waals surface area contributed by atoms with Crippen LogP contribution < -0.4 is 5.73 Å². The first kappa shape index (κ1) is 23.2. The minimum absolute atomic E-state index is 0. The number of halogens is 2. The highest BCUT2D eigenvalue weighted by atomic mass is 35.5. The Morgan fingerprint density at radius 1 is 1.38 bits per heavy atom. The highest BCUT2D eigenvalue weighted by molar-refractivity contribution is 5.85. The minimum Gasteiger partial charge on any atom is -0.378 e. The summed E-state index contributed by atoms with van der Waals surface area (Å²) in [5.74, 6) is 0.169. The number of piperidine rings is 1. The number of likely N-dealkylation sites (tertiary alicyclic amines) is 1. The summed E-state index contributed by atoms with van der Waals surface area (Å²) in [6.07, 6.45) is 2.91. The molecular formula is C19H28ClFN6O2. The normalized spacial score (nSPS) is 15.8. The van der Waals surface area contributed by atoms with Crippen LogP contribution in [0.3, 0.4) is 0 Å². The van der Waals surface area contributed by atoms with E-state index in [0.29, 0.717) is 38.5 Å². The standard InChI is InChI=1S/C19H27FN6O2.ClH/c1-14-22-23-24-26(14)18(13-15-4-2-5-16(20)12-15)19(27)25-9-6-17(7-10-25)28-11-3-8-21;/h2,4-5,12,17-18H,3,6-11,13,21H2,1H3;1H. The predicted molar refractivity (Wildman–Crippen MR) is 108 cm³/mol. The van der Waals surface area contributed by atoms with Crippen molar-refractivity contribution in [2.45, 2.75) is 44.8 Å². The number of hydrogen-bond acceptors (Lipinski definition) is 6. The van der Waals surface area contributed by atoms with Crippen LogP contribution in [0.2, 0.25) is 0 Å². The molecule has 160 valence electrons. The average Bonchev–Trinajstić information content (AvgIpc) is 3.12. The summed E-state index contributed by atoms with van der Waals surface area (Å²) in [6.45, 7) is 4.26. The van der Waals surface area contributed by atoms with Crippen LogP contribution in [0.25, 0.3) is 0 Å². The second-order valence-corrected chi connectivity index (χ2v) is 7.06. The molecule has 2 N–H and O–H groups in total. The van der Waals surface area contributed by atoms with Crippen LogP contribution in [0.5, 0.6) is 0 Å². The summed E-state index contributed by atoms with van der Waals surface area (Å²) >= 11 is 0. The van der Waals surface area contributed by atoms with Crippen molar-refractivity contribution in [1.82, 2.24) is 25.1 Å². The molecule has 1 aromatic carbocycles. The van der Waals surface area contributed by atoms with E-state index in [4.69, 9.17) is 10.5 Å². The molecule has 1 aromatic heterocycles. The van der Waals surface area contributed by atoms with Gasteiger partial charge in [0.05, 0.1) is 6.10 Å². The van der Waals surface area contributed by atoms with E-state index in [-0.39, 0.29) is 30.2 Å². The highest BCUT2D eigenvalue weighted by Gasteiger charge is 2.31. The fourth-order valence-electron chi connectivity index (χ4n) is 3.48. The van der Waals surface area contributed by atoms with Gasteiger partial charge in [-0.05, 0) is 60.9 Å². The number of hydrogen-bond donors (Lipinski definition) is 1. The summed E-state index contributed by atoms with van der Waals surface area (Å²) in [7, 11) is 0. The summed E-state index contributed by atoms with van der Waals surface area (Å²) in [6, 6.07) is 5.67. The molecule has 2 aromatic rings. The molecular weight excluding hydrogens is 399 g/mol. The van der Waals surface area contributed by atoms with Gasteiger partial charge in [0.15, 0.2) is 0 Å². The molecule has 29 heavy (non-hydrogen) atoms. The van der Waals surface area contributed by atoms with Crippen molar-refractivity contribution < 1.29 is 13.9 Å². The molecule has 1 fully saturated rings. The summed E-state index contributed by atoms with van der Waals surface area (Å²) < 4.78 is 20.9. The number of benzene rings is 1. The number of carbonyl (C=O) groups is 1. The van der Waals surface area contributed by atoms with E-state index >= 15 is 0 Å². The molecule has 0 bridgehead atoms. The average molecular weight is 427 g/mol. The van der Waals surface area contributed by atoms with Gasteiger partial charge in [0, 0.05) is 26.1 Å². The molecule has 1 amide bonds. The Kier molecular flexibility index (Phi) is 8.94. The molecule has 0 spiro atoms. The van der Waals surface area contributed by atoms with Crippen molar-refractivity contribution in [1.29, 1.82) is 0 Å². The van der Waals surface area contributed by atoms with Crippen molar-refractivity contribution in [3.63, 3.8) is 0 Å². The number of carbonyl (C=O) groups excluding carboxylic acids is 1. The molecule has 0 radical (unpaired) electrons. The van der Waals surface area contributed by atoms with Crippen molar-refractivity contribution in [2.75, 3.05) is 26.2 Å². The molecule has 1 unspecified atom stereocenters. The van der Waals surface area contributed by atoms with Gasteiger partial charge in [-0.2, -0.15) is 0 Å². The Morgan fingerprint density at radius 2 is 2.14 bits per heavy atom. The Hall–Kier alpha value is -2.10. The van der Waals surface area contributed by atoms with Crippen LogP contribution in [-0.4, -0.2) is 63.4 Å². The predicted octanol–water partition coefficient (Wildman–Crippen LogP) is 1.68. The van der Waals surface area contributed by atoms with Crippen molar-refractivity contribution in [3.05, 3.63) is 41.5 Å². The van der Waals surface area contributed by atoms with Gasteiger partial charge in [-0.15, -0.1) is 17.5 Å². The second-order valence-electron chi connectivity index (χ2n) is 7.06. The van der Waals surface area contributed by atoms with Gasteiger partial charge in [-0.3, -0.25) is 4.79 Å². The third-order valence-electron chi connectivity index (χ3n) is 5.01. The lowest BCUT2D eigenvalue weighted by Crippen LogP contribution is -2.45. The van der Waals surface area contributed by atoms with Crippen LogP contribution in [-0.2, 0) is 16.0 Å². The van der Waals surface area contributed by atoms with E-state index in [2.05, 4.69) is 15.5 Å². The third-order valence-corrected chi connectivity index (χ3v) is 5.01. The first-order valence-electron chi connectivity index (χ1n) is 9.68. The molecule has 1 saturated heterocycles. The Bertz CT molecular complexity index is 782. The van der Waals surface area contributed by atoms with E-state index in [1.54, 1.807) is 19.1 Å². The van der Waals surface area contributed by atoms with E-state index in [0.717, 1.165) is 24.8 Å². The lowest BCUT2D eigenvalue weighted by Gasteiger charge is -2.34. The molecule has 0 aliphatic carbocycles. The van der Waals surface area contributed by atoms with Crippen LogP contribution in [0.4, 0.5) is 4.39 Å². The minimum atomic E-state index is -0.605. The quantitative estimate of drug-likeness (QED) is 0.645. The van der Waals surface area contributed by atoms with Gasteiger partial charge in [0.25, 0.3) is 0 Å². The number of amides is 1. The fourth-order valence-corrected chi connectivity index (χ4v) is 3.48. The largest absolute Gasteiger partial charge is 0.378 e. The van der Waals surface area contributed by atoms with Gasteiger partial charge in [0.1, 0.15) is 17.7 Å². The molecule has 8 nitrogen and oxygen atoms in total. The van der Waals surface area contributed by atoms with E-state index in [1.165, 1.54) is 16.8 Å². The molecule has 1 atom stereocenters. The SMILES string of the molecule is Cc1nnnn1C(Cc1cccc(F)c1)C(=O)N1CCC(OCCCN)CC1.Cl. The smallest absolute Gasteiger partial charge is 0.247 e. The maximum Gasteiger partial charge on any atom is 0.247 e. The van der Waals surface area contributed by atoms with Crippen molar-refractivity contribution >= 4 is 18.3 Å². The maximum atomic E-state index is 13.6. The number of nitrogens with two attached hydrogens (primary N) is 1. The number of tetrazole rings is 1. The van der Waals surface area contributed by atoms with Gasteiger partial charge >= 0.3 is 0 Å². The zero-order chi connectivity index (χ0) is 19.9. The maximum absolute atomic E-state index is 13.6. The van der Waals surface area contributed by atoms with E-state index in [9.17, 15) is 9.18 Å². The Labute approximate surface area is 176 Å². The van der Waals surface area contributed by atoms with Crippen LogP contribution in [0.1, 0.15) is 36.7 Å².